The molecule has 4 rings (SSSR count). The Morgan fingerprint density at radius 2 is 2.14 bits per heavy atom. The third kappa shape index (κ3) is 3.46. The Kier molecular flexibility index (Phi) is 5.03. The van der Waals surface area contributed by atoms with Crippen LogP contribution in [0.4, 0.5) is 5.82 Å². The van der Waals surface area contributed by atoms with Gasteiger partial charge in [0, 0.05) is 31.0 Å². The largest absolute Gasteiger partial charge is 0.466 e. The molecule has 0 aliphatic carbocycles. The van der Waals surface area contributed by atoms with Crippen molar-refractivity contribution in [1.82, 2.24) is 14.6 Å². The number of esters is 1. The van der Waals surface area contributed by atoms with Crippen LogP contribution in [-0.2, 0) is 9.53 Å². The number of rotatable bonds is 4. The first-order chi connectivity index (χ1) is 13.6. The Bertz CT molecular complexity index is 1010. The molecule has 2 aromatic heterocycles. The highest BCUT2D eigenvalue weighted by Gasteiger charge is 2.28. The van der Waals surface area contributed by atoms with E-state index in [2.05, 4.69) is 48.0 Å². The number of piperidine rings is 1. The van der Waals surface area contributed by atoms with Crippen molar-refractivity contribution in [3.05, 3.63) is 47.8 Å². The number of hydrogen-bond donors (Lipinski definition) is 0. The number of fused-ring (bicyclic) bond motifs is 1. The fourth-order valence-corrected chi connectivity index (χ4v) is 4.01. The van der Waals surface area contributed by atoms with Crippen LogP contribution in [0.2, 0.25) is 0 Å². The maximum atomic E-state index is 12.2. The van der Waals surface area contributed by atoms with E-state index in [0.717, 1.165) is 42.0 Å². The van der Waals surface area contributed by atoms with Crippen LogP contribution in [0.5, 0.6) is 0 Å². The molecule has 1 fully saturated rings. The fourth-order valence-electron chi connectivity index (χ4n) is 4.01. The van der Waals surface area contributed by atoms with Crippen LogP contribution in [0, 0.1) is 19.8 Å². The van der Waals surface area contributed by atoms with Gasteiger partial charge in [0.2, 0.25) is 0 Å². The first-order valence-corrected chi connectivity index (χ1v) is 9.90. The van der Waals surface area contributed by atoms with Crippen molar-refractivity contribution in [2.75, 3.05) is 24.6 Å². The summed E-state index contributed by atoms with van der Waals surface area (Å²) in [4.78, 5) is 19.0. The van der Waals surface area contributed by atoms with Gasteiger partial charge < -0.3 is 9.64 Å². The van der Waals surface area contributed by atoms with Crippen LogP contribution in [0.1, 0.15) is 30.9 Å². The standard InChI is InChI=1S/C22H26N4O2/c1-4-28-22(27)17-6-5-10-25(14-17)21-20-13-19(24-26(20)11-9-23-21)18-8-7-15(2)12-16(18)3/h7-9,11-13,17H,4-6,10,14H2,1-3H3/t17-/m0/s1. The van der Waals surface area contributed by atoms with Crippen molar-refractivity contribution in [1.29, 1.82) is 0 Å². The average molecular weight is 378 g/mol. The number of aromatic nitrogens is 3. The summed E-state index contributed by atoms with van der Waals surface area (Å²) in [6.07, 6.45) is 5.46. The van der Waals surface area contributed by atoms with E-state index in [9.17, 15) is 4.79 Å². The number of nitrogens with zero attached hydrogens (tertiary/aromatic N) is 4. The zero-order valence-corrected chi connectivity index (χ0v) is 16.7. The van der Waals surface area contributed by atoms with Crippen molar-refractivity contribution in [2.24, 2.45) is 5.92 Å². The molecule has 3 heterocycles. The van der Waals surface area contributed by atoms with Gasteiger partial charge >= 0.3 is 5.97 Å². The van der Waals surface area contributed by atoms with Gasteiger partial charge in [-0.3, -0.25) is 4.79 Å². The molecule has 0 radical (unpaired) electrons. The molecule has 1 aliphatic heterocycles. The van der Waals surface area contributed by atoms with E-state index in [1.165, 1.54) is 11.1 Å². The van der Waals surface area contributed by atoms with Crippen molar-refractivity contribution in [2.45, 2.75) is 33.6 Å². The summed E-state index contributed by atoms with van der Waals surface area (Å²) in [6.45, 7) is 7.99. The Hall–Kier alpha value is -2.89. The molecule has 0 spiro atoms. The van der Waals surface area contributed by atoms with Gasteiger partial charge in [-0.15, -0.1) is 0 Å². The SMILES string of the molecule is CCOC(=O)[C@H]1CCCN(c2nccn3nc(-c4ccc(C)cc4C)cc23)C1. The molecule has 1 aliphatic rings. The highest BCUT2D eigenvalue weighted by molar-refractivity contribution is 5.78. The van der Waals surface area contributed by atoms with Crippen LogP contribution >= 0.6 is 0 Å². The van der Waals surface area contributed by atoms with E-state index in [0.29, 0.717) is 13.2 Å². The van der Waals surface area contributed by atoms with Crippen LogP contribution in [0.3, 0.4) is 0 Å². The molecule has 3 aromatic rings. The highest BCUT2D eigenvalue weighted by atomic mass is 16.5. The zero-order chi connectivity index (χ0) is 19.7. The Labute approximate surface area is 165 Å². The molecule has 0 bridgehead atoms. The first-order valence-electron chi connectivity index (χ1n) is 9.90. The van der Waals surface area contributed by atoms with Crippen molar-refractivity contribution in [3.8, 4) is 11.3 Å². The summed E-state index contributed by atoms with van der Waals surface area (Å²) in [6, 6.07) is 8.50. The van der Waals surface area contributed by atoms with Crippen molar-refractivity contribution in [3.63, 3.8) is 0 Å². The second kappa shape index (κ2) is 7.62. The quantitative estimate of drug-likeness (QED) is 0.647. The van der Waals surface area contributed by atoms with Gasteiger partial charge in [0.1, 0.15) is 5.52 Å². The van der Waals surface area contributed by atoms with Gasteiger partial charge in [-0.2, -0.15) is 5.10 Å². The Balaban J connectivity index is 1.68. The number of hydrogen-bond acceptors (Lipinski definition) is 5. The van der Waals surface area contributed by atoms with Gasteiger partial charge in [-0.1, -0.05) is 23.8 Å². The minimum atomic E-state index is -0.108. The molecule has 1 saturated heterocycles. The van der Waals surface area contributed by atoms with Crippen molar-refractivity contribution >= 4 is 17.3 Å². The minimum absolute atomic E-state index is 0.0995. The summed E-state index contributed by atoms with van der Waals surface area (Å²) in [7, 11) is 0. The zero-order valence-electron chi connectivity index (χ0n) is 16.7. The van der Waals surface area contributed by atoms with Crippen LogP contribution < -0.4 is 4.90 Å². The number of anilines is 1. The molecule has 146 valence electrons. The van der Waals surface area contributed by atoms with Gasteiger partial charge in [0.05, 0.1) is 18.2 Å². The molecule has 6 nitrogen and oxygen atoms in total. The summed E-state index contributed by atoms with van der Waals surface area (Å²) in [5.74, 6) is 0.668. The number of benzene rings is 1. The molecule has 1 aromatic carbocycles. The number of carbonyl (C=O) groups is 1. The summed E-state index contributed by atoms with van der Waals surface area (Å²) < 4.78 is 7.11. The summed E-state index contributed by atoms with van der Waals surface area (Å²) in [5.41, 5.74) is 5.47. The Morgan fingerprint density at radius 3 is 2.93 bits per heavy atom. The normalized spacial score (nSPS) is 17.1. The molecule has 0 N–H and O–H groups in total. The summed E-state index contributed by atoms with van der Waals surface area (Å²) >= 11 is 0. The maximum absolute atomic E-state index is 12.2. The van der Waals surface area contributed by atoms with Gasteiger partial charge in [0.25, 0.3) is 0 Å². The number of carbonyl (C=O) groups excluding carboxylic acids is 1. The lowest BCUT2D eigenvalue weighted by atomic mass is 9.98. The lowest BCUT2D eigenvalue weighted by Gasteiger charge is -2.32. The van der Waals surface area contributed by atoms with Crippen LogP contribution in [-0.4, -0.2) is 40.3 Å². The number of ether oxygens (including phenoxy) is 1. The smallest absolute Gasteiger partial charge is 0.310 e. The second-order valence-electron chi connectivity index (χ2n) is 7.47. The van der Waals surface area contributed by atoms with E-state index in [-0.39, 0.29) is 11.9 Å². The second-order valence-corrected chi connectivity index (χ2v) is 7.47. The fraction of sp³-hybridized carbons (Fsp3) is 0.409. The first kappa shape index (κ1) is 18.5. The lowest BCUT2D eigenvalue weighted by molar-refractivity contribution is -0.148. The molecule has 0 amide bonds. The third-order valence-electron chi connectivity index (χ3n) is 5.37. The third-order valence-corrected chi connectivity index (χ3v) is 5.37. The van der Waals surface area contributed by atoms with Gasteiger partial charge in [0.15, 0.2) is 5.82 Å². The highest BCUT2D eigenvalue weighted by Crippen LogP contribution is 2.30. The topological polar surface area (TPSA) is 59.7 Å². The van der Waals surface area contributed by atoms with Crippen LogP contribution in [0.25, 0.3) is 16.8 Å². The van der Waals surface area contributed by atoms with E-state index in [1.807, 2.05) is 17.6 Å². The molecular formula is C22H26N4O2. The molecule has 1 atom stereocenters. The summed E-state index contributed by atoms with van der Waals surface area (Å²) in [5, 5.41) is 4.77. The molecule has 0 saturated carbocycles. The van der Waals surface area contributed by atoms with Crippen LogP contribution in [0.15, 0.2) is 36.7 Å². The average Bonchev–Trinajstić information content (AvgIpc) is 3.12. The van der Waals surface area contributed by atoms with E-state index in [4.69, 9.17) is 9.84 Å². The Morgan fingerprint density at radius 1 is 1.29 bits per heavy atom. The predicted octanol–water partition coefficient (Wildman–Crippen LogP) is 3.79. The molecule has 28 heavy (non-hydrogen) atoms. The lowest BCUT2D eigenvalue weighted by Crippen LogP contribution is -2.40. The molecular weight excluding hydrogens is 352 g/mol. The minimum Gasteiger partial charge on any atom is -0.466 e. The van der Waals surface area contributed by atoms with E-state index in [1.54, 1.807) is 6.20 Å². The number of aryl methyl sites for hydroxylation is 2. The molecule has 6 heteroatoms. The van der Waals surface area contributed by atoms with Gasteiger partial charge in [-0.05, 0) is 45.2 Å². The predicted molar refractivity (Wildman–Crippen MR) is 109 cm³/mol. The molecule has 0 unspecified atom stereocenters. The maximum Gasteiger partial charge on any atom is 0.310 e. The monoisotopic (exact) mass is 378 g/mol. The van der Waals surface area contributed by atoms with Crippen molar-refractivity contribution < 1.29 is 9.53 Å². The van der Waals surface area contributed by atoms with E-state index >= 15 is 0 Å². The van der Waals surface area contributed by atoms with Gasteiger partial charge in [-0.25, -0.2) is 9.50 Å². The van der Waals surface area contributed by atoms with E-state index < -0.39 is 0 Å².